The molecule has 2 nitrogen and oxygen atoms in total. The molecule has 0 heterocycles. The molecule has 0 saturated heterocycles. The largest absolute Gasteiger partial charge is 0.494 e. The highest BCUT2D eigenvalue weighted by atomic mass is 35.5. The fourth-order valence-electron chi connectivity index (χ4n) is 1.77. The van der Waals surface area contributed by atoms with E-state index in [-0.39, 0.29) is 5.75 Å². The monoisotopic (exact) mass is 299 g/mol. The summed E-state index contributed by atoms with van der Waals surface area (Å²) in [6, 6.07) is 9.25. The molecule has 0 saturated carbocycles. The molecule has 100 valence electrons. The Morgan fingerprint density at radius 3 is 2.26 bits per heavy atom. The fraction of sp³-hybridized carbons (Fsp3) is 0.143. The molecule has 19 heavy (non-hydrogen) atoms. The lowest BCUT2D eigenvalue weighted by molar-refractivity contribution is 0.386. The molecule has 0 amide bonds. The quantitative estimate of drug-likeness (QED) is 0.922. The van der Waals surface area contributed by atoms with Gasteiger partial charge in [-0.05, 0) is 35.4 Å². The zero-order valence-electron chi connectivity index (χ0n) is 10.2. The van der Waals surface area contributed by atoms with Gasteiger partial charge in [0.1, 0.15) is 0 Å². The molecule has 0 aromatic heterocycles. The molecule has 0 aliphatic rings. The second-order valence-electron chi connectivity index (χ2n) is 4.05. The molecule has 1 atom stereocenters. The van der Waals surface area contributed by atoms with E-state index in [0.717, 1.165) is 5.56 Å². The summed E-state index contributed by atoms with van der Waals surface area (Å²) in [5.74, 6) is -0.263. The van der Waals surface area contributed by atoms with Gasteiger partial charge >= 0.3 is 0 Å². The van der Waals surface area contributed by atoms with Crippen molar-refractivity contribution < 1.29 is 9.13 Å². The Bertz CT molecular complexity index is 604. The van der Waals surface area contributed by atoms with Crippen molar-refractivity contribution >= 4 is 23.2 Å². The minimum absolute atomic E-state index is 0.185. The Hall–Kier alpha value is -1.29. The average Bonchev–Trinajstić information content (AvgIpc) is 2.41. The van der Waals surface area contributed by atoms with Crippen molar-refractivity contribution in [1.82, 2.24) is 0 Å². The maximum absolute atomic E-state index is 13.6. The molecule has 2 N–H and O–H groups in total. The van der Waals surface area contributed by atoms with Crippen LogP contribution in [0.2, 0.25) is 10.0 Å². The third kappa shape index (κ3) is 3.00. The van der Waals surface area contributed by atoms with Crippen LogP contribution in [-0.4, -0.2) is 7.11 Å². The second kappa shape index (κ2) is 5.78. The van der Waals surface area contributed by atoms with Crippen LogP contribution >= 0.6 is 23.2 Å². The third-order valence-electron chi connectivity index (χ3n) is 2.84. The van der Waals surface area contributed by atoms with Crippen LogP contribution in [0.25, 0.3) is 0 Å². The number of rotatable bonds is 3. The standard InChI is InChI=1S/C14H12Cl2FNO/c1-19-13-5-3-9(7-12(13)17)14(18)8-2-4-10(15)11(16)6-8/h2-7,14H,18H2,1H3. The van der Waals surface area contributed by atoms with Gasteiger partial charge in [0.15, 0.2) is 11.6 Å². The Balaban J connectivity index is 2.35. The van der Waals surface area contributed by atoms with E-state index in [2.05, 4.69) is 0 Å². The van der Waals surface area contributed by atoms with Gasteiger partial charge in [0.05, 0.1) is 23.2 Å². The summed E-state index contributed by atoms with van der Waals surface area (Å²) in [6.45, 7) is 0. The van der Waals surface area contributed by atoms with E-state index >= 15 is 0 Å². The summed E-state index contributed by atoms with van der Waals surface area (Å²) < 4.78 is 18.5. The zero-order chi connectivity index (χ0) is 14.0. The molecule has 0 aliphatic carbocycles. The second-order valence-corrected chi connectivity index (χ2v) is 4.86. The maximum Gasteiger partial charge on any atom is 0.165 e. The van der Waals surface area contributed by atoms with Crippen LogP contribution < -0.4 is 10.5 Å². The number of methoxy groups -OCH3 is 1. The zero-order valence-corrected chi connectivity index (χ0v) is 11.7. The Kier molecular flexibility index (Phi) is 4.30. The molecule has 2 aromatic carbocycles. The van der Waals surface area contributed by atoms with Crippen molar-refractivity contribution in [2.45, 2.75) is 6.04 Å². The van der Waals surface area contributed by atoms with E-state index in [1.807, 2.05) is 0 Å². The van der Waals surface area contributed by atoms with Crippen LogP contribution in [0.15, 0.2) is 36.4 Å². The maximum atomic E-state index is 13.6. The van der Waals surface area contributed by atoms with Crippen molar-refractivity contribution in [1.29, 1.82) is 0 Å². The molecule has 0 radical (unpaired) electrons. The first-order valence-corrected chi connectivity index (χ1v) is 6.32. The molecular formula is C14H12Cl2FNO. The van der Waals surface area contributed by atoms with Gasteiger partial charge in [-0.15, -0.1) is 0 Å². The molecule has 0 bridgehead atoms. The van der Waals surface area contributed by atoms with Gasteiger partial charge in [-0.1, -0.05) is 35.3 Å². The van der Waals surface area contributed by atoms with Crippen molar-refractivity contribution in [3.63, 3.8) is 0 Å². The Labute approximate surface area is 120 Å². The van der Waals surface area contributed by atoms with E-state index in [9.17, 15) is 4.39 Å². The number of ether oxygens (including phenoxy) is 1. The summed E-state index contributed by atoms with van der Waals surface area (Å²) in [6.07, 6.45) is 0. The van der Waals surface area contributed by atoms with Crippen molar-refractivity contribution in [3.05, 3.63) is 63.4 Å². The smallest absolute Gasteiger partial charge is 0.165 e. The van der Waals surface area contributed by atoms with E-state index < -0.39 is 11.9 Å². The van der Waals surface area contributed by atoms with Crippen LogP contribution in [0.3, 0.4) is 0 Å². The minimum Gasteiger partial charge on any atom is -0.494 e. The van der Waals surface area contributed by atoms with Gasteiger partial charge in [-0.2, -0.15) is 0 Å². The summed E-state index contributed by atoms with van der Waals surface area (Å²) in [5.41, 5.74) is 7.49. The first-order chi connectivity index (χ1) is 9.02. The molecule has 0 fully saturated rings. The SMILES string of the molecule is COc1ccc(C(N)c2ccc(Cl)c(Cl)c2)cc1F. The van der Waals surface area contributed by atoms with Gasteiger partial charge < -0.3 is 10.5 Å². The van der Waals surface area contributed by atoms with Crippen LogP contribution in [0.5, 0.6) is 5.75 Å². The lowest BCUT2D eigenvalue weighted by atomic mass is 9.99. The molecule has 5 heteroatoms. The van der Waals surface area contributed by atoms with Crippen LogP contribution in [0, 0.1) is 5.82 Å². The minimum atomic E-state index is -0.477. The average molecular weight is 300 g/mol. The molecular weight excluding hydrogens is 288 g/mol. The van der Waals surface area contributed by atoms with Gasteiger partial charge in [0.2, 0.25) is 0 Å². The fourth-order valence-corrected chi connectivity index (χ4v) is 2.08. The van der Waals surface area contributed by atoms with Crippen molar-refractivity contribution in [2.75, 3.05) is 7.11 Å². The van der Waals surface area contributed by atoms with Crippen molar-refractivity contribution in [2.24, 2.45) is 5.73 Å². The molecule has 0 aliphatic heterocycles. The summed E-state index contributed by atoms with van der Waals surface area (Å²) in [7, 11) is 1.41. The van der Waals surface area contributed by atoms with Gasteiger partial charge in [-0.3, -0.25) is 0 Å². The highest BCUT2D eigenvalue weighted by Gasteiger charge is 2.13. The highest BCUT2D eigenvalue weighted by Crippen LogP contribution is 2.29. The first kappa shape index (κ1) is 14.1. The Morgan fingerprint density at radius 1 is 1.05 bits per heavy atom. The predicted molar refractivity (Wildman–Crippen MR) is 75.4 cm³/mol. The van der Waals surface area contributed by atoms with E-state index in [1.165, 1.54) is 13.2 Å². The summed E-state index contributed by atoms with van der Waals surface area (Å²) in [5, 5.41) is 0.877. The molecule has 0 spiro atoms. The number of benzene rings is 2. The van der Waals surface area contributed by atoms with Crippen LogP contribution in [0.1, 0.15) is 17.2 Å². The van der Waals surface area contributed by atoms with E-state index in [1.54, 1.807) is 30.3 Å². The van der Waals surface area contributed by atoms with Gasteiger partial charge in [0, 0.05) is 0 Å². The topological polar surface area (TPSA) is 35.2 Å². The number of nitrogens with two attached hydrogens (primary N) is 1. The third-order valence-corrected chi connectivity index (χ3v) is 3.58. The normalized spacial score (nSPS) is 12.3. The summed E-state index contributed by atoms with van der Waals surface area (Å²) in [4.78, 5) is 0. The first-order valence-electron chi connectivity index (χ1n) is 5.57. The van der Waals surface area contributed by atoms with Crippen LogP contribution in [-0.2, 0) is 0 Å². The number of halogens is 3. The number of hydrogen-bond donors (Lipinski definition) is 1. The van der Waals surface area contributed by atoms with E-state index in [4.69, 9.17) is 33.7 Å². The molecule has 2 rings (SSSR count). The van der Waals surface area contributed by atoms with Crippen LogP contribution in [0.4, 0.5) is 4.39 Å². The van der Waals surface area contributed by atoms with Crippen molar-refractivity contribution in [3.8, 4) is 5.75 Å². The lowest BCUT2D eigenvalue weighted by Crippen LogP contribution is -2.12. The molecule has 2 aromatic rings. The van der Waals surface area contributed by atoms with Gasteiger partial charge in [0.25, 0.3) is 0 Å². The lowest BCUT2D eigenvalue weighted by Gasteiger charge is -2.14. The highest BCUT2D eigenvalue weighted by molar-refractivity contribution is 6.42. The predicted octanol–water partition coefficient (Wildman–Crippen LogP) is 4.19. The number of hydrogen-bond acceptors (Lipinski definition) is 2. The molecule has 1 unspecified atom stereocenters. The van der Waals surface area contributed by atoms with E-state index in [0.29, 0.717) is 15.6 Å². The Morgan fingerprint density at radius 2 is 1.68 bits per heavy atom. The summed E-state index contributed by atoms with van der Waals surface area (Å²) >= 11 is 11.8. The van der Waals surface area contributed by atoms with Gasteiger partial charge in [-0.25, -0.2) is 4.39 Å².